The molecule has 140 valence electrons. The van der Waals surface area contributed by atoms with Crippen LogP contribution in [0.4, 0.5) is 0 Å². The molecule has 3 heteroatoms. The van der Waals surface area contributed by atoms with Crippen molar-refractivity contribution in [2.45, 2.75) is 89.8 Å². The molecule has 1 aromatic rings. The van der Waals surface area contributed by atoms with E-state index in [1.807, 2.05) is 6.92 Å². The second-order valence-electron chi connectivity index (χ2n) is 8.83. The zero-order valence-corrected chi connectivity index (χ0v) is 16.5. The highest BCUT2D eigenvalue weighted by Crippen LogP contribution is 2.56. The Balaban J connectivity index is 2.00. The molecule has 1 aromatic carbocycles. The number of aryl methyl sites for hydroxylation is 1. The lowest BCUT2D eigenvalue weighted by molar-refractivity contribution is -0.0660. The zero-order chi connectivity index (χ0) is 18.2. The van der Waals surface area contributed by atoms with E-state index in [0.717, 1.165) is 37.2 Å². The Bertz CT molecular complexity index is 618. The van der Waals surface area contributed by atoms with E-state index in [-0.39, 0.29) is 5.60 Å². The molecule has 25 heavy (non-hydrogen) atoms. The van der Waals surface area contributed by atoms with Gasteiger partial charge in [-0.05, 0) is 70.6 Å². The molecule has 3 nitrogen and oxygen atoms in total. The maximum Gasteiger partial charge on any atom is 0.127 e. The molecular weight excluding hydrogens is 312 g/mol. The molecule has 1 aliphatic heterocycles. The number of methoxy groups -OCH3 is 1. The topological polar surface area (TPSA) is 38.7 Å². The summed E-state index contributed by atoms with van der Waals surface area (Å²) in [5.74, 6) is 2.62. The van der Waals surface area contributed by atoms with Crippen molar-refractivity contribution in [1.82, 2.24) is 0 Å². The van der Waals surface area contributed by atoms with Crippen molar-refractivity contribution in [1.29, 1.82) is 0 Å². The summed E-state index contributed by atoms with van der Waals surface area (Å²) in [5.41, 5.74) is 1.66. The molecule has 2 aliphatic rings. The van der Waals surface area contributed by atoms with Crippen LogP contribution in [-0.4, -0.2) is 23.4 Å². The first-order valence-electron chi connectivity index (χ1n) is 9.89. The lowest BCUT2D eigenvalue weighted by Crippen LogP contribution is -2.50. The van der Waals surface area contributed by atoms with Crippen molar-refractivity contribution in [2.75, 3.05) is 7.11 Å². The maximum atomic E-state index is 10.7. The third kappa shape index (κ3) is 3.67. The minimum Gasteiger partial charge on any atom is -0.496 e. The second kappa shape index (κ2) is 6.83. The summed E-state index contributed by atoms with van der Waals surface area (Å²) in [5, 5.41) is 10.7. The average molecular weight is 347 g/mol. The van der Waals surface area contributed by atoms with Gasteiger partial charge in [0.1, 0.15) is 17.1 Å². The number of rotatable bonds is 5. The second-order valence-corrected chi connectivity index (χ2v) is 8.83. The van der Waals surface area contributed by atoms with Crippen molar-refractivity contribution in [2.24, 2.45) is 5.92 Å². The number of unbranched alkanes of at least 4 members (excludes halogenated alkanes) is 2. The molecule has 1 aliphatic carbocycles. The van der Waals surface area contributed by atoms with Crippen LogP contribution >= 0.6 is 0 Å². The SMILES string of the molecule is CCCCCc1cc(OC)c2c(c1)OC(C)(C)[C@@H]1CCC(C)(O)C[C@@H]21. The standard InChI is InChI=1S/C22H34O3/c1-6-7-8-9-15-12-18(24-5)20-16-14-22(4,23)11-10-17(16)21(2,3)25-19(20)13-15/h12-13,16-17,23H,6-11,14H2,1-5H3/t16-,17-,22?/m1/s1. The van der Waals surface area contributed by atoms with Gasteiger partial charge < -0.3 is 14.6 Å². The van der Waals surface area contributed by atoms with Crippen molar-refractivity contribution >= 4 is 0 Å². The van der Waals surface area contributed by atoms with Crippen LogP contribution in [0, 0.1) is 5.92 Å². The fraction of sp³-hybridized carbons (Fsp3) is 0.727. The highest BCUT2D eigenvalue weighted by atomic mass is 16.5. The summed E-state index contributed by atoms with van der Waals surface area (Å²) in [7, 11) is 1.75. The Morgan fingerprint density at radius 3 is 2.68 bits per heavy atom. The summed E-state index contributed by atoms with van der Waals surface area (Å²) < 4.78 is 12.3. The molecule has 1 fully saturated rings. The van der Waals surface area contributed by atoms with Crippen LogP contribution in [0.5, 0.6) is 11.5 Å². The van der Waals surface area contributed by atoms with E-state index in [1.165, 1.54) is 30.4 Å². The fourth-order valence-electron chi connectivity index (χ4n) is 4.88. The Kier molecular flexibility index (Phi) is 5.07. The van der Waals surface area contributed by atoms with Gasteiger partial charge in [-0.1, -0.05) is 19.8 Å². The van der Waals surface area contributed by atoms with Gasteiger partial charge in [0.05, 0.1) is 12.7 Å². The van der Waals surface area contributed by atoms with Crippen LogP contribution in [0.3, 0.4) is 0 Å². The molecule has 0 amide bonds. The van der Waals surface area contributed by atoms with Gasteiger partial charge in [0.25, 0.3) is 0 Å². The van der Waals surface area contributed by atoms with E-state index in [1.54, 1.807) is 7.11 Å². The Hall–Kier alpha value is -1.22. The molecule has 3 atom stereocenters. The molecule has 0 spiro atoms. The largest absolute Gasteiger partial charge is 0.496 e. The van der Waals surface area contributed by atoms with Crippen LogP contribution < -0.4 is 9.47 Å². The lowest BCUT2D eigenvalue weighted by atomic mass is 9.63. The highest BCUT2D eigenvalue weighted by Gasteiger charge is 2.50. The third-order valence-electron chi connectivity index (χ3n) is 6.23. The van der Waals surface area contributed by atoms with Gasteiger partial charge in [0, 0.05) is 17.4 Å². The quantitative estimate of drug-likeness (QED) is 0.742. The van der Waals surface area contributed by atoms with E-state index in [9.17, 15) is 5.11 Å². The summed E-state index contributed by atoms with van der Waals surface area (Å²) in [4.78, 5) is 0. The third-order valence-corrected chi connectivity index (χ3v) is 6.23. The van der Waals surface area contributed by atoms with Crippen molar-refractivity contribution in [3.63, 3.8) is 0 Å². The van der Waals surface area contributed by atoms with Gasteiger partial charge >= 0.3 is 0 Å². The molecule has 1 saturated carbocycles. The first kappa shape index (κ1) is 18.6. The number of hydrogen-bond donors (Lipinski definition) is 1. The summed E-state index contributed by atoms with van der Waals surface area (Å²) >= 11 is 0. The van der Waals surface area contributed by atoms with Crippen LogP contribution in [0.15, 0.2) is 12.1 Å². The molecule has 0 aromatic heterocycles. The van der Waals surface area contributed by atoms with E-state index in [4.69, 9.17) is 9.47 Å². The van der Waals surface area contributed by atoms with Crippen LogP contribution in [-0.2, 0) is 6.42 Å². The Morgan fingerprint density at radius 2 is 2.00 bits per heavy atom. The maximum absolute atomic E-state index is 10.7. The van der Waals surface area contributed by atoms with Gasteiger partial charge in [0.15, 0.2) is 0 Å². The first-order valence-corrected chi connectivity index (χ1v) is 9.89. The van der Waals surface area contributed by atoms with Crippen LogP contribution in [0.1, 0.15) is 83.3 Å². The molecule has 0 saturated heterocycles. The molecule has 1 heterocycles. The highest BCUT2D eigenvalue weighted by molar-refractivity contribution is 5.53. The number of fused-ring (bicyclic) bond motifs is 3. The Morgan fingerprint density at radius 1 is 1.24 bits per heavy atom. The molecular formula is C22H34O3. The zero-order valence-electron chi connectivity index (χ0n) is 16.5. The smallest absolute Gasteiger partial charge is 0.127 e. The van der Waals surface area contributed by atoms with Crippen molar-refractivity contribution in [3.8, 4) is 11.5 Å². The predicted molar refractivity (Wildman–Crippen MR) is 102 cm³/mol. The monoisotopic (exact) mass is 346 g/mol. The first-order chi connectivity index (χ1) is 11.8. The number of benzene rings is 1. The average Bonchev–Trinajstić information content (AvgIpc) is 2.52. The number of aliphatic hydroxyl groups is 1. The summed E-state index contributed by atoms with van der Waals surface area (Å²) in [6.07, 6.45) is 7.35. The van der Waals surface area contributed by atoms with Crippen LogP contribution in [0.2, 0.25) is 0 Å². The van der Waals surface area contributed by atoms with Gasteiger partial charge in [-0.2, -0.15) is 0 Å². The lowest BCUT2D eigenvalue weighted by Gasteiger charge is -2.50. The van der Waals surface area contributed by atoms with E-state index < -0.39 is 5.60 Å². The van der Waals surface area contributed by atoms with Gasteiger partial charge in [-0.25, -0.2) is 0 Å². The predicted octanol–water partition coefficient (Wildman–Crippen LogP) is 5.23. The molecule has 0 bridgehead atoms. The van der Waals surface area contributed by atoms with E-state index in [0.29, 0.717) is 11.8 Å². The van der Waals surface area contributed by atoms with Crippen molar-refractivity contribution in [3.05, 3.63) is 23.3 Å². The molecule has 3 rings (SSSR count). The Labute approximate surface area is 152 Å². The van der Waals surface area contributed by atoms with Crippen LogP contribution in [0.25, 0.3) is 0 Å². The van der Waals surface area contributed by atoms with E-state index >= 15 is 0 Å². The fourth-order valence-corrected chi connectivity index (χ4v) is 4.88. The van der Waals surface area contributed by atoms with E-state index in [2.05, 4.69) is 32.9 Å². The van der Waals surface area contributed by atoms with Gasteiger partial charge in [-0.3, -0.25) is 0 Å². The summed E-state index contributed by atoms with van der Waals surface area (Å²) in [6.45, 7) is 8.60. The molecule has 1 unspecified atom stereocenters. The minimum absolute atomic E-state index is 0.207. The van der Waals surface area contributed by atoms with Crippen molar-refractivity contribution < 1.29 is 14.6 Å². The van der Waals surface area contributed by atoms with Gasteiger partial charge in [0.2, 0.25) is 0 Å². The summed E-state index contributed by atoms with van der Waals surface area (Å²) in [6, 6.07) is 4.41. The number of ether oxygens (including phenoxy) is 2. The molecule has 0 radical (unpaired) electrons. The molecule has 1 N–H and O–H groups in total. The number of hydrogen-bond acceptors (Lipinski definition) is 3. The van der Waals surface area contributed by atoms with Gasteiger partial charge in [-0.15, -0.1) is 0 Å². The minimum atomic E-state index is -0.601. The normalized spacial score (nSPS) is 30.2.